The van der Waals surface area contributed by atoms with Crippen molar-refractivity contribution in [1.29, 1.82) is 5.41 Å². The Morgan fingerprint density at radius 1 is 0.738 bits per heavy atom. The predicted octanol–water partition coefficient (Wildman–Crippen LogP) is 7.03. The van der Waals surface area contributed by atoms with Crippen molar-refractivity contribution in [1.82, 2.24) is 0 Å². The van der Waals surface area contributed by atoms with E-state index in [1.165, 1.54) is 0 Å². The summed E-state index contributed by atoms with van der Waals surface area (Å²) in [6.07, 6.45) is -2.46. The molecule has 1 heterocycles. The highest BCUT2D eigenvalue weighted by molar-refractivity contribution is 6.76. The summed E-state index contributed by atoms with van der Waals surface area (Å²) in [5.41, 5.74) is 2.90. The van der Waals surface area contributed by atoms with Gasteiger partial charge in [0, 0.05) is 0 Å². The van der Waals surface area contributed by atoms with Crippen LogP contribution < -0.4 is 0 Å². The van der Waals surface area contributed by atoms with E-state index in [9.17, 15) is 0 Å². The van der Waals surface area contributed by atoms with Gasteiger partial charge in [-0.15, -0.1) is 6.58 Å². The van der Waals surface area contributed by atoms with Gasteiger partial charge < -0.3 is 28.4 Å². The van der Waals surface area contributed by atoms with Crippen LogP contribution in [0.4, 0.5) is 0 Å². The number of halogens is 3. The van der Waals surface area contributed by atoms with Crippen molar-refractivity contribution in [3.05, 3.63) is 120 Å². The van der Waals surface area contributed by atoms with Gasteiger partial charge >= 0.3 is 0 Å². The van der Waals surface area contributed by atoms with Crippen molar-refractivity contribution in [2.24, 2.45) is 0 Å². The van der Waals surface area contributed by atoms with Gasteiger partial charge in [0.15, 0.2) is 0 Å². The highest BCUT2D eigenvalue weighted by Gasteiger charge is 2.50. The molecule has 10 heteroatoms. The highest BCUT2D eigenvalue weighted by Crippen LogP contribution is 2.34. The minimum absolute atomic E-state index is 0.134. The lowest BCUT2D eigenvalue weighted by Crippen LogP contribution is -2.62. The Morgan fingerprint density at radius 3 is 1.74 bits per heavy atom. The van der Waals surface area contributed by atoms with Crippen LogP contribution in [-0.4, -0.2) is 53.6 Å². The van der Waals surface area contributed by atoms with Crippen molar-refractivity contribution >= 4 is 40.7 Å². The molecule has 1 aliphatic heterocycles. The van der Waals surface area contributed by atoms with Gasteiger partial charge in [0.05, 0.1) is 33.0 Å². The molecule has 0 saturated carbocycles. The van der Waals surface area contributed by atoms with Gasteiger partial charge in [-0.25, -0.2) is 0 Å². The van der Waals surface area contributed by atoms with Crippen LogP contribution in [-0.2, 0) is 48.2 Å². The Labute approximate surface area is 261 Å². The number of hydrogen-bond acceptors (Lipinski definition) is 7. The quantitative estimate of drug-likeness (QED) is 0.0888. The van der Waals surface area contributed by atoms with E-state index >= 15 is 0 Å². The monoisotopic (exact) mass is 633 g/mol. The van der Waals surface area contributed by atoms with Gasteiger partial charge in [-0.1, -0.05) is 132 Å². The van der Waals surface area contributed by atoms with E-state index in [1.54, 1.807) is 6.08 Å². The summed E-state index contributed by atoms with van der Waals surface area (Å²) in [6.45, 7) is 5.00. The van der Waals surface area contributed by atoms with Gasteiger partial charge in [-0.05, 0) is 16.7 Å². The van der Waals surface area contributed by atoms with Crippen LogP contribution in [0.3, 0.4) is 0 Å². The average Bonchev–Trinajstić information content (AvgIpc) is 3.00. The SMILES string of the molecule is C=CCO[C@@H]1[C@H](OCc2ccccc2)[C@@H](OC(=N)C(Cl)(Cl)Cl)O[C@H](COCc2ccccc2)[C@H]1OCc1ccccc1. The first kappa shape index (κ1) is 32.5. The summed E-state index contributed by atoms with van der Waals surface area (Å²) in [4.78, 5) is 0. The second-order valence-corrected chi connectivity index (χ2v) is 11.9. The van der Waals surface area contributed by atoms with Crippen molar-refractivity contribution in [3.63, 3.8) is 0 Å². The molecule has 1 N–H and O–H groups in total. The lowest BCUT2D eigenvalue weighted by molar-refractivity contribution is -0.310. The van der Waals surface area contributed by atoms with Gasteiger partial charge in [-0.3, -0.25) is 5.41 Å². The lowest BCUT2D eigenvalue weighted by atomic mass is 9.98. The maximum Gasteiger partial charge on any atom is 0.265 e. The Hall–Kier alpha value is -2.46. The van der Waals surface area contributed by atoms with E-state index in [-0.39, 0.29) is 19.8 Å². The number of ether oxygens (including phenoxy) is 6. The molecule has 0 unspecified atom stereocenters. The molecule has 3 aromatic rings. The fourth-order valence-corrected chi connectivity index (χ4v) is 4.57. The zero-order chi connectivity index (χ0) is 29.8. The minimum Gasteiger partial charge on any atom is -0.445 e. The van der Waals surface area contributed by atoms with Gasteiger partial charge in [0.1, 0.15) is 24.4 Å². The van der Waals surface area contributed by atoms with Gasteiger partial charge in [0.25, 0.3) is 3.79 Å². The number of benzene rings is 3. The molecule has 0 bridgehead atoms. The first-order valence-corrected chi connectivity index (χ1v) is 14.6. The molecule has 4 rings (SSSR count). The van der Waals surface area contributed by atoms with Crippen LogP contribution in [0.1, 0.15) is 16.7 Å². The standard InChI is InChI=1S/C32H34Cl3NO6/c1-2-18-38-28-27(39-20-24-14-8-4-9-15-24)26(22-37-19-23-12-6-3-7-13-23)41-30(42-31(36)32(33,34)35)29(28)40-21-25-16-10-5-11-17-25/h2-17,26-30,36H,1,18-22H2/t26-,27-,28+,29+,30-/m1/s1. The first-order valence-electron chi connectivity index (χ1n) is 13.5. The van der Waals surface area contributed by atoms with Crippen LogP contribution in [0.25, 0.3) is 0 Å². The molecule has 224 valence electrons. The summed E-state index contributed by atoms with van der Waals surface area (Å²) < 4.78 is 35.2. The fraction of sp³-hybridized carbons (Fsp3) is 0.344. The third kappa shape index (κ3) is 9.79. The van der Waals surface area contributed by atoms with E-state index < -0.39 is 40.4 Å². The number of rotatable bonds is 14. The largest absolute Gasteiger partial charge is 0.445 e. The molecule has 0 aromatic heterocycles. The molecule has 0 spiro atoms. The van der Waals surface area contributed by atoms with E-state index in [1.807, 2.05) is 91.0 Å². The first-order chi connectivity index (χ1) is 20.3. The van der Waals surface area contributed by atoms with E-state index in [4.69, 9.17) is 68.6 Å². The Balaban J connectivity index is 1.62. The third-order valence-corrected chi connectivity index (χ3v) is 6.97. The number of nitrogens with one attached hydrogen (secondary N) is 1. The Morgan fingerprint density at radius 2 is 1.24 bits per heavy atom. The zero-order valence-electron chi connectivity index (χ0n) is 23.0. The topological polar surface area (TPSA) is 79.2 Å². The van der Waals surface area contributed by atoms with E-state index in [0.717, 1.165) is 16.7 Å². The molecular formula is C32H34Cl3NO6. The van der Waals surface area contributed by atoms with Crippen LogP contribution in [0, 0.1) is 5.41 Å². The van der Waals surface area contributed by atoms with Gasteiger partial charge in [-0.2, -0.15) is 0 Å². The third-order valence-electron chi connectivity index (χ3n) is 6.45. The smallest absolute Gasteiger partial charge is 0.265 e. The summed E-state index contributed by atoms with van der Waals surface area (Å²) in [6, 6.07) is 29.2. The molecule has 1 saturated heterocycles. The maximum atomic E-state index is 8.25. The number of hydrogen-bond donors (Lipinski definition) is 1. The van der Waals surface area contributed by atoms with Crippen LogP contribution in [0.2, 0.25) is 0 Å². The summed E-state index contributed by atoms with van der Waals surface area (Å²) in [5.74, 6) is -0.610. The molecule has 42 heavy (non-hydrogen) atoms. The molecule has 0 amide bonds. The second-order valence-electron chi connectivity index (χ2n) is 9.60. The molecular weight excluding hydrogens is 601 g/mol. The number of alkyl halides is 3. The van der Waals surface area contributed by atoms with Crippen molar-refractivity contribution in [2.45, 2.75) is 54.3 Å². The zero-order valence-corrected chi connectivity index (χ0v) is 25.2. The van der Waals surface area contributed by atoms with Crippen LogP contribution in [0.5, 0.6) is 0 Å². The molecule has 0 radical (unpaired) electrons. The van der Waals surface area contributed by atoms with Crippen LogP contribution in [0.15, 0.2) is 104 Å². The minimum atomic E-state index is -2.11. The summed E-state index contributed by atoms with van der Waals surface area (Å²) in [7, 11) is 0. The molecule has 5 atom stereocenters. The lowest BCUT2D eigenvalue weighted by Gasteiger charge is -2.45. The van der Waals surface area contributed by atoms with Crippen LogP contribution >= 0.6 is 34.8 Å². The van der Waals surface area contributed by atoms with E-state index in [0.29, 0.717) is 13.2 Å². The van der Waals surface area contributed by atoms with Gasteiger partial charge in [0.2, 0.25) is 12.2 Å². The molecule has 0 aliphatic carbocycles. The predicted molar refractivity (Wildman–Crippen MR) is 164 cm³/mol. The molecule has 7 nitrogen and oxygen atoms in total. The Kier molecular flexibility index (Phi) is 12.7. The normalized spacial score (nSPS) is 22.4. The summed E-state index contributed by atoms with van der Waals surface area (Å²) >= 11 is 17.9. The molecule has 1 aliphatic rings. The maximum absolute atomic E-state index is 8.25. The second kappa shape index (κ2) is 16.4. The van der Waals surface area contributed by atoms with E-state index in [2.05, 4.69) is 6.58 Å². The Bertz CT molecular complexity index is 1230. The molecule has 3 aromatic carbocycles. The summed E-state index contributed by atoms with van der Waals surface area (Å²) in [5, 5.41) is 8.25. The van der Waals surface area contributed by atoms with Crippen molar-refractivity contribution < 1.29 is 28.4 Å². The highest BCUT2D eigenvalue weighted by atomic mass is 35.6. The average molecular weight is 635 g/mol. The molecule has 1 fully saturated rings. The van der Waals surface area contributed by atoms with Crippen molar-refractivity contribution in [2.75, 3.05) is 13.2 Å². The van der Waals surface area contributed by atoms with Crippen molar-refractivity contribution in [3.8, 4) is 0 Å². The fourth-order valence-electron chi connectivity index (χ4n) is 4.44.